The van der Waals surface area contributed by atoms with Gasteiger partial charge in [0.1, 0.15) is 0 Å². The van der Waals surface area contributed by atoms with Crippen LogP contribution in [0.4, 0.5) is 5.13 Å². The van der Waals surface area contributed by atoms with E-state index >= 15 is 0 Å². The number of fused-ring (bicyclic) bond motifs is 3. The Bertz CT molecular complexity index is 1190. The highest BCUT2D eigenvalue weighted by atomic mass is 32.1. The van der Waals surface area contributed by atoms with Crippen molar-refractivity contribution in [1.82, 2.24) is 9.55 Å². The van der Waals surface area contributed by atoms with Crippen molar-refractivity contribution in [2.45, 2.75) is 26.8 Å². The first-order chi connectivity index (χ1) is 14.2. The number of anilines is 1. The zero-order valence-electron chi connectivity index (χ0n) is 16.4. The van der Waals surface area contributed by atoms with Gasteiger partial charge in [0.05, 0.1) is 24.9 Å². The fraction of sp³-hybridized carbons (Fsp3) is 0.227. The molecule has 0 bridgehead atoms. The number of carbonyl (C=O) groups is 1. The molecule has 0 saturated carbocycles. The van der Waals surface area contributed by atoms with E-state index in [0.717, 1.165) is 12.1 Å². The van der Waals surface area contributed by atoms with Crippen LogP contribution in [0, 0.1) is 0 Å². The Balaban J connectivity index is 1.51. The summed E-state index contributed by atoms with van der Waals surface area (Å²) in [4.78, 5) is 15.9. The molecule has 0 amide bonds. The summed E-state index contributed by atoms with van der Waals surface area (Å²) in [5.41, 5.74) is 7.10. The van der Waals surface area contributed by atoms with Crippen LogP contribution >= 0.6 is 11.3 Å². The number of hydrogen-bond acceptors (Lipinski definition) is 6. The lowest BCUT2D eigenvalue weighted by atomic mass is 10.1. The molecule has 0 aliphatic heterocycles. The monoisotopic (exact) mass is 406 g/mol. The summed E-state index contributed by atoms with van der Waals surface area (Å²) in [6, 6.07) is 14.8. The molecule has 2 aromatic heterocycles. The third-order valence-corrected chi connectivity index (χ3v) is 5.46. The summed E-state index contributed by atoms with van der Waals surface area (Å²) < 4.78 is 7.27. The van der Waals surface area contributed by atoms with Gasteiger partial charge in [-0.25, -0.2) is 4.98 Å². The smallest absolute Gasteiger partial charge is 0.311 e. The second kappa shape index (κ2) is 8.45. The average molecular weight is 407 g/mol. The fourth-order valence-corrected chi connectivity index (χ4v) is 4.11. The van der Waals surface area contributed by atoms with Gasteiger partial charge in [-0.1, -0.05) is 24.3 Å². The van der Waals surface area contributed by atoms with E-state index in [1.807, 2.05) is 5.38 Å². The minimum Gasteiger partial charge on any atom is -0.466 e. The van der Waals surface area contributed by atoms with Crippen molar-refractivity contribution in [2.75, 3.05) is 12.0 Å². The van der Waals surface area contributed by atoms with Crippen molar-refractivity contribution < 1.29 is 9.53 Å². The second-order valence-corrected chi connectivity index (χ2v) is 7.39. The normalized spacial score (nSPS) is 11.5. The highest BCUT2D eigenvalue weighted by Crippen LogP contribution is 2.29. The van der Waals surface area contributed by atoms with Crippen molar-refractivity contribution in [3.8, 4) is 0 Å². The third kappa shape index (κ3) is 4.00. The number of esters is 1. The lowest BCUT2D eigenvalue weighted by molar-refractivity contribution is -0.142. The van der Waals surface area contributed by atoms with E-state index in [-0.39, 0.29) is 12.4 Å². The van der Waals surface area contributed by atoms with Crippen LogP contribution in [0.5, 0.6) is 0 Å². The lowest BCUT2D eigenvalue weighted by Gasteiger charge is -2.02. The van der Waals surface area contributed by atoms with Gasteiger partial charge >= 0.3 is 5.97 Å². The number of hydrogen-bond donors (Lipinski definition) is 1. The van der Waals surface area contributed by atoms with Crippen molar-refractivity contribution in [3.05, 3.63) is 59.1 Å². The Morgan fingerprint density at radius 2 is 2.03 bits per heavy atom. The van der Waals surface area contributed by atoms with Crippen molar-refractivity contribution >= 4 is 50.5 Å². The van der Waals surface area contributed by atoms with E-state index in [0.29, 0.717) is 17.4 Å². The molecule has 4 aromatic rings. The van der Waals surface area contributed by atoms with Crippen molar-refractivity contribution in [2.24, 2.45) is 5.10 Å². The topological polar surface area (TPSA) is 68.5 Å². The molecule has 0 radical (unpaired) electrons. The number of rotatable bonds is 7. The molecule has 0 spiro atoms. The summed E-state index contributed by atoms with van der Waals surface area (Å²) in [5, 5.41) is 9.25. The summed E-state index contributed by atoms with van der Waals surface area (Å²) in [5.74, 6) is -0.271. The molecule has 7 heteroatoms. The highest BCUT2D eigenvalue weighted by Gasteiger charge is 2.10. The number of carbonyl (C=O) groups excluding carboxylic acids is 1. The van der Waals surface area contributed by atoms with Gasteiger partial charge < -0.3 is 9.30 Å². The van der Waals surface area contributed by atoms with E-state index < -0.39 is 0 Å². The van der Waals surface area contributed by atoms with Crippen LogP contribution in [0.25, 0.3) is 21.8 Å². The van der Waals surface area contributed by atoms with E-state index in [1.54, 1.807) is 13.1 Å². The molecule has 0 atom stereocenters. The quantitative estimate of drug-likeness (QED) is 0.271. The molecule has 6 nitrogen and oxygen atoms in total. The number of hydrazone groups is 1. The van der Waals surface area contributed by atoms with Gasteiger partial charge in [-0.3, -0.25) is 10.2 Å². The maximum Gasteiger partial charge on any atom is 0.311 e. The maximum absolute atomic E-state index is 11.5. The molecular formula is C22H22N4O2S. The minimum absolute atomic E-state index is 0.174. The Hall–Kier alpha value is -3.19. The molecule has 4 rings (SSSR count). The predicted molar refractivity (Wildman–Crippen MR) is 119 cm³/mol. The van der Waals surface area contributed by atoms with Crippen LogP contribution in [0.2, 0.25) is 0 Å². The standard InChI is InChI=1S/C22H22N4O2S/c1-3-26-19-8-6-5-7-17(19)18-11-15(9-10-20(18)26)13-23-25-22-24-16(14-29-22)12-21(27)28-4-2/h5-11,13-14H,3-4,12H2,1-2H3,(H,24,25). The second-order valence-electron chi connectivity index (χ2n) is 6.53. The minimum atomic E-state index is -0.271. The van der Waals surface area contributed by atoms with E-state index in [1.165, 1.54) is 33.1 Å². The number of nitrogens with zero attached hydrogens (tertiary/aromatic N) is 3. The lowest BCUT2D eigenvalue weighted by Crippen LogP contribution is -2.07. The SMILES string of the molecule is CCOC(=O)Cc1csc(NN=Cc2ccc3c(c2)c2ccccc2n3CC)n1. The van der Waals surface area contributed by atoms with Crippen molar-refractivity contribution in [1.29, 1.82) is 0 Å². The van der Waals surface area contributed by atoms with Crippen LogP contribution in [0.15, 0.2) is 52.9 Å². The van der Waals surface area contributed by atoms with E-state index in [9.17, 15) is 4.79 Å². The van der Waals surface area contributed by atoms with E-state index in [2.05, 4.69) is 69.5 Å². The summed E-state index contributed by atoms with van der Waals surface area (Å²) in [6.07, 6.45) is 1.96. The van der Waals surface area contributed by atoms with Crippen LogP contribution in [0.3, 0.4) is 0 Å². The molecular weight excluding hydrogens is 384 g/mol. The molecule has 0 fully saturated rings. The number of aryl methyl sites for hydroxylation is 1. The van der Waals surface area contributed by atoms with Crippen LogP contribution in [0.1, 0.15) is 25.1 Å². The first-order valence-corrected chi connectivity index (χ1v) is 10.5. The largest absolute Gasteiger partial charge is 0.466 e. The van der Waals surface area contributed by atoms with Crippen LogP contribution < -0.4 is 5.43 Å². The Morgan fingerprint density at radius 1 is 1.21 bits per heavy atom. The summed E-state index contributed by atoms with van der Waals surface area (Å²) in [7, 11) is 0. The number of nitrogens with one attached hydrogen (secondary N) is 1. The molecule has 0 unspecified atom stereocenters. The molecule has 2 aromatic carbocycles. The van der Waals surface area contributed by atoms with Gasteiger partial charge in [-0.15, -0.1) is 11.3 Å². The van der Waals surface area contributed by atoms with Gasteiger partial charge in [-0.05, 0) is 37.6 Å². The molecule has 2 heterocycles. The Labute approximate surface area is 172 Å². The third-order valence-electron chi connectivity index (χ3n) is 4.67. The van der Waals surface area contributed by atoms with Crippen LogP contribution in [-0.4, -0.2) is 28.3 Å². The summed E-state index contributed by atoms with van der Waals surface area (Å²) >= 11 is 1.41. The number of para-hydroxylation sites is 1. The molecule has 0 aliphatic carbocycles. The van der Waals surface area contributed by atoms with E-state index in [4.69, 9.17) is 4.74 Å². The van der Waals surface area contributed by atoms with Crippen molar-refractivity contribution in [3.63, 3.8) is 0 Å². The highest BCUT2D eigenvalue weighted by molar-refractivity contribution is 7.13. The fourth-order valence-electron chi connectivity index (χ4n) is 3.45. The molecule has 0 saturated heterocycles. The van der Waals surface area contributed by atoms with Gasteiger partial charge in [0.2, 0.25) is 5.13 Å². The van der Waals surface area contributed by atoms with Gasteiger partial charge in [0.25, 0.3) is 0 Å². The maximum atomic E-state index is 11.5. The number of benzene rings is 2. The molecule has 1 N–H and O–H groups in total. The van der Waals surface area contributed by atoms with Gasteiger partial charge in [0, 0.05) is 33.7 Å². The number of thiazole rings is 1. The number of ether oxygens (including phenoxy) is 1. The first-order valence-electron chi connectivity index (χ1n) is 9.59. The molecule has 29 heavy (non-hydrogen) atoms. The van der Waals surface area contributed by atoms with Gasteiger partial charge in [0.15, 0.2) is 0 Å². The summed E-state index contributed by atoms with van der Waals surface area (Å²) in [6.45, 7) is 5.25. The average Bonchev–Trinajstić information content (AvgIpc) is 3.29. The number of aromatic nitrogens is 2. The zero-order valence-corrected chi connectivity index (χ0v) is 17.2. The zero-order chi connectivity index (χ0) is 20.2. The Kier molecular flexibility index (Phi) is 5.57. The Morgan fingerprint density at radius 3 is 2.86 bits per heavy atom. The van der Waals surface area contributed by atoms with Gasteiger partial charge in [-0.2, -0.15) is 5.10 Å². The molecule has 148 valence electrons. The molecule has 0 aliphatic rings. The van der Waals surface area contributed by atoms with Crippen LogP contribution in [-0.2, 0) is 22.5 Å². The predicted octanol–water partition coefficient (Wildman–Crippen LogP) is 4.82. The first kappa shape index (κ1) is 19.1.